The minimum absolute atomic E-state index is 0.225. The highest BCUT2D eigenvalue weighted by Gasteiger charge is 2.29. The van der Waals surface area contributed by atoms with Gasteiger partial charge >= 0.3 is 5.97 Å². The molecule has 0 aliphatic carbocycles. The standard InChI is InChI=1S/C9H18N2O3/c1-11(7-3-5-14-6-7)8(2-4-10)9(12)13/h7-8H,2-6,10H2,1H3,(H,12,13). The van der Waals surface area contributed by atoms with Gasteiger partial charge in [-0.15, -0.1) is 0 Å². The lowest BCUT2D eigenvalue weighted by molar-refractivity contribution is -0.143. The molecule has 2 unspecified atom stereocenters. The Bertz CT molecular complexity index is 192. The van der Waals surface area contributed by atoms with Crippen LogP contribution in [0.1, 0.15) is 12.8 Å². The number of likely N-dealkylation sites (N-methyl/N-ethyl adjacent to an activating group) is 1. The van der Waals surface area contributed by atoms with Crippen molar-refractivity contribution < 1.29 is 14.6 Å². The summed E-state index contributed by atoms with van der Waals surface area (Å²) in [5, 5.41) is 9.00. The first-order chi connectivity index (χ1) is 6.66. The van der Waals surface area contributed by atoms with Gasteiger partial charge in [0.25, 0.3) is 0 Å². The molecule has 0 aromatic rings. The fourth-order valence-corrected chi connectivity index (χ4v) is 1.76. The molecular weight excluding hydrogens is 184 g/mol. The molecule has 0 bridgehead atoms. The van der Waals surface area contributed by atoms with Crippen molar-refractivity contribution in [3.63, 3.8) is 0 Å². The van der Waals surface area contributed by atoms with Crippen molar-refractivity contribution in [2.24, 2.45) is 5.73 Å². The van der Waals surface area contributed by atoms with Gasteiger partial charge in [-0.05, 0) is 26.4 Å². The molecule has 5 nitrogen and oxygen atoms in total. The van der Waals surface area contributed by atoms with Crippen LogP contribution in [0.5, 0.6) is 0 Å². The number of nitrogens with zero attached hydrogens (tertiary/aromatic N) is 1. The molecule has 5 heteroatoms. The summed E-state index contributed by atoms with van der Waals surface area (Å²) in [7, 11) is 1.83. The lowest BCUT2D eigenvalue weighted by Crippen LogP contribution is -2.46. The molecule has 82 valence electrons. The van der Waals surface area contributed by atoms with Crippen molar-refractivity contribution in [3.05, 3.63) is 0 Å². The monoisotopic (exact) mass is 202 g/mol. The Kier molecular flexibility index (Phi) is 4.31. The van der Waals surface area contributed by atoms with E-state index in [9.17, 15) is 4.79 Å². The van der Waals surface area contributed by atoms with E-state index in [0.717, 1.165) is 13.0 Å². The Hall–Kier alpha value is -0.650. The average Bonchev–Trinajstić information content (AvgIpc) is 2.65. The van der Waals surface area contributed by atoms with Gasteiger partial charge in [-0.1, -0.05) is 0 Å². The summed E-state index contributed by atoms with van der Waals surface area (Å²) < 4.78 is 5.22. The topological polar surface area (TPSA) is 75.8 Å². The van der Waals surface area contributed by atoms with E-state index >= 15 is 0 Å². The lowest BCUT2D eigenvalue weighted by Gasteiger charge is -2.28. The van der Waals surface area contributed by atoms with E-state index in [4.69, 9.17) is 15.6 Å². The minimum atomic E-state index is -0.801. The van der Waals surface area contributed by atoms with Crippen LogP contribution < -0.4 is 5.73 Å². The van der Waals surface area contributed by atoms with Crippen LogP contribution in [0.4, 0.5) is 0 Å². The van der Waals surface area contributed by atoms with Crippen LogP contribution in [0.2, 0.25) is 0 Å². The molecule has 1 saturated heterocycles. The van der Waals surface area contributed by atoms with Gasteiger partial charge < -0.3 is 15.6 Å². The number of carbonyl (C=O) groups is 1. The number of hydrogen-bond acceptors (Lipinski definition) is 4. The second-order valence-corrected chi connectivity index (χ2v) is 3.61. The number of nitrogens with two attached hydrogens (primary N) is 1. The third-order valence-corrected chi connectivity index (χ3v) is 2.70. The highest BCUT2D eigenvalue weighted by atomic mass is 16.5. The number of ether oxygens (including phenoxy) is 1. The molecule has 1 heterocycles. The SMILES string of the molecule is CN(C1CCOC1)C(CCN)C(=O)O. The molecule has 1 aliphatic heterocycles. The summed E-state index contributed by atoms with van der Waals surface area (Å²) in [4.78, 5) is 12.8. The fourth-order valence-electron chi connectivity index (χ4n) is 1.76. The predicted molar refractivity (Wildman–Crippen MR) is 52.1 cm³/mol. The van der Waals surface area contributed by atoms with Crippen molar-refractivity contribution in [2.75, 3.05) is 26.8 Å². The van der Waals surface area contributed by atoms with Gasteiger partial charge in [0.1, 0.15) is 6.04 Å². The first-order valence-corrected chi connectivity index (χ1v) is 4.89. The molecule has 14 heavy (non-hydrogen) atoms. The van der Waals surface area contributed by atoms with Gasteiger partial charge in [-0.25, -0.2) is 0 Å². The second kappa shape index (κ2) is 5.29. The van der Waals surface area contributed by atoms with E-state index in [1.165, 1.54) is 0 Å². The molecule has 0 aromatic heterocycles. The Labute approximate surface area is 83.8 Å². The molecule has 0 radical (unpaired) electrons. The van der Waals surface area contributed by atoms with Crippen LogP contribution in [-0.4, -0.2) is 54.9 Å². The van der Waals surface area contributed by atoms with Crippen LogP contribution in [-0.2, 0) is 9.53 Å². The molecule has 0 amide bonds. The Morgan fingerprint density at radius 2 is 2.50 bits per heavy atom. The zero-order valence-corrected chi connectivity index (χ0v) is 8.48. The Balaban J connectivity index is 2.52. The second-order valence-electron chi connectivity index (χ2n) is 3.61. The number of carboxylic acid groups (broad SMARTS) is 1. The van der Waals surface area contributed by atoms with Crippen LogP contribution in [0, 0.1) is 0 Å². The van der Waals surface area contributed by atoms with Gasteiger partial charge in [0.2, 0.25) is 0 Å². The third-order valence-electron chi connectivity index (χ3n) is 2.70. The van der Waals surface area contributed by atoms with Crippen molar-refractivity contribution in [1.29, 1.82) is 0 Å². The Morgan fingerprint density at radius 1 is 1.79 bits per heavy atom. The van der Waals surface area contributed by atoms with Crippen LogP contribution in [0.3, 0.4) is 0 Å². The maximum atomic E-state index is 10.9. The molecular formula is C9H18N2O3. The highest BCUT2D eigenvalue weighted by molar-refractivity contribution is 5.73. The predicted octanol–water partition coefficient (Wildman–Crippen LogP) is -0.491. The van der Waals surface area contributed by atoms with Gasteiger partial charge in [0, 0.05) is 12.6 Å². The normalized spacial score (nSPS) is 24.1. The molecule has 3 N–H and O–H groups in total. The summed E-state index contributed by atoms with van der Waals surface area (Å²) in [6.45, 7) is 1.75. The highest BCUT2D eigenvalue weighted by Crippen LogP contribution is 2.15. The van der Waals surface area contributed by atoms with E-state index in [2.05, 4.69) is 0 Å². The van der Waals surface area contributed by atoms with Gasteiger partial charge in [0.15, 0.2) is 0 Å². The first kappa shape index (κ1) is 11.4. The fraction of sp³-hybridized carbons (Fsp3) is 0.889. The molecule has 0 aromatic carbocycles. The summed E-state index contributed by atoms with van der Waals surface area (Å²) >= 11 is 0. The third kappa shape index (κ3) is 2.67. The molecule has 1 fully saturated rings. The Morgan fingerprint density at radius 3 is 2.93 bits per heavy atom. The van der Waals surface area contributed by atoms with E-state index < -0.39 is 12.0 Å². The van der Waals surface area contributed by atoms with Crippen molar-refractivity contribution in [1.82, 2.24) is 4.90 Å². The quantitative estimate of drug-likeness (QED) is 0.629. The maximum Gasteiger partial charge on any atom is 0.320 e. The van der Waals surface area contributed by atoms with Crippen molar-refractivity contribution in [2.45, 2.75) is 24.9 Å². The number of rotatable bonds is 5. The average molecular weight is 202 g/mol. The van der Waals surface area contributed by atoms with Crippen LogP contribution >= 0.6 is 0 Å². The molecule has 0 saturated carbocycles. The van der Waals surface area contributed by atoms with Crippen LogP contribution in [0.15, 0.2) is 0 Å². The minimum Gasteiger partial charge on any atom is -0.480 e. The molecule has 0 spiro atoms. The van der Waals surface area contributed by atoms with Crippen molar-refractivity contribution >= 4 is 5.97 Å². The molecule has 1 aliphatic rings. The zero-order valence-electron chi connectivity index (χ0n) is 8.48. The van der Waals surface area contributed by atoms with E-state index in [0.29, 0.717) is 19.6 Å². The van der Waals surface area contributed by atoms with Crippen LogP contribution in [0.25, 0.3) is 0 Å². The molecule has 2 atom stereocenters. The summed E-state index contributed by atoms with van der Waals surface area (Å²) in [5.74, 6) is -0.801. The largest absolute Gasteiger partial charge is 0.480 e. The van der Waals surface area contributed by atoms with Gasteiger partial charge in [-0.2, -0.15) is 0 Å². The smallest absolute Gasteiger partial charge is 0.320 e. The summed E-state index contributed by atoms with van der Waals surface area (Å²) in [6.07, 6.45) is 1.40. The summed E-state index contributed by atoms with van der Waals surface area (Å²) in [5.41, 5.74) is 5.38. The lowest BCUT2D eigenvalue weighted by atomic mass is 10.1. The van der Waals surface area contributed by atoms with E-state index in [1.807, 2.05) is 11.9 Å². The van der Waals surface area contributed by atoms with Gasteiger partial charge in [0.05, 0.1) is 6.61 Å². The van der Waals surface area contributed by atoms with E-state index in [-0.39, 0.29) is 6.04 Å². The maximum absolute atomic E-state index is 10.9. The summed E-state index contributed by atoms with van der Waals surface area (Å²) in [6, 6.07) is -0.255. The first-order valence-electron chi connectivity index (χ1n) is 4.89. The number of aliphatic carboxylic acids is 1. The van der Waals surface area contributed by atoms with E-state index in [1.54, 1.807) is 0 Å². The van der Waals surface area contributed by atoms with Crippen molar-refractivity contribution in [3.8, 4) is 0 Å². The number of hydrogen-bond donors (Lipinski definition) is 2. The zero-order chi connectivity index (χ0) is 10.6. The van der Waals surface area contributed by atoms with Gasteiger partial charge in [-0.3, -0.25) is 9.69 Å². The molecule has 1 rings (SSSR count). The number of carboxylic acids is 1.